The molecule has 0 aromatic heterocycles. The molecule has 32 heavy (non-hydrogen) atoms. The first kappa shape index (κ1) is 20.0. The fourth-order valence-electron chi connectivity index (χ4n) is 4.92. The number of ether oxygens (including phenoxy) is 1. The highest BCUT2D eigenvalue weighted by Gasteiger charge is 2.47. The van der Waals surface area contributed by atoms with E-state index in [1.165, 1.54) is 0 Å². The highest BCUT2D eigenvalue weighted by atomic mass is 16.6. The summed E-state index contributed by atoms with van der Waals surface area (Å²) in [6.45, 7) is -0.145. The van der Waals surface area contributed by atoms with Crippen LogP contribution in [0.1, 0.15) is 23.5 Å². The van der Waals surface area contributed by atoms with Crippen LogP contribution in [-0.4, -0.2) is 70.7 Å². The van der Waals surface area contributed by atoms with Crippen LogP contribution < -0.4 is 5.32 Å². The van der Waals surface area contributed by atoms with E-state index in [4.69, 9.17) is 4.74 Å². The van der Waals surface area contributed by atoms with Crippen molar-refractivity contribution in [1.82, 2.24) is 15.1 Å². The van der Waals surface area contributed by atoms with Crippen molar-refractivity contribution in [3.8, 4) is 11.1 Å². The van der Waals surface area contributed by atoms with Gasteiger partial charge in [0.25, 0.3) is 0 Å². The van der Waals surface area contributed by atoms with E-state index in [-0.39, 0.29) is 32.0 Å². The maximum atomic E-state index is 12.9. The van der Waals surface area contributed by atoms with E-state index in [9.17, 15) is 24.3 Å². The van der Waals surface area contributed by atoms with Gasteiger partial charge in [-0.15, -0.1) is 0 Å². The largest absolute Gasteiger partial charge is 0.480 e. The summed E-state index contributed by atoms with van der Waals surface area (Å²) in [4.78, 5) is 50.8. The molecule has 9 nitrogen and oxygen atoms in total. The Bertz CT molecular complexity index is 1070. The molecule has 2 aromatic rings. The Morgan fingerprint density at radius 1 is 1.03 bits per heavy atom. The second-order valence-electron chi connectivity index (χ2n) is 8.12. The molecule has 2 aliphatic heterocycles. The molecular formula is C23H21N3O6. The van der Waals surface area contributed by atoms with E-state index in [2.05, 4.69) is 5.32 Å². The lowest BCUT2D eigenvalue weighted by molar-refractivity contribution is -0.141. The van der Waals surface area contributed by atoms with Crippen LogP contribution in [-0.2, 0) is 14.3 Å². The van der Waals surface area contributed by atoms with Crippen molar-refractivity contribution in [3.63, 3.8) is 0 Å². The van der Waals surface area contributed by atoms with Crippen molar-refractivity contribution in [2.24, 2.45) is 0 Å². The Balaban J connectivity index is 1.33. The van der Waals surface area contributed by atoms with Gasteiger partial charge in [0.15, 0.2) is 0 Å². The lowest BCUT2D eigenvalue weighted by atomic mass is 9.98. The second kappa shape index (κ2) is 7.67. The van der Waals surface area contributed by atoms with Gasteiger partial charge in [-0.1, -0.05) is 48.5 Å². The molecule has 0 saturated carbocycles. The second-order valence-corrected chi connectivity index (χ2v) is 8.12. The van der Waals surface area contributed by atoms with E-state index in [1.54, 1.807) is 0 Å². The van der Waals surface area contributed by atoms with Crippen LogP contribution in [0, 0.1) is 0 Å². The number of hydrogen-bond donors (Lipinski definition) is 2. The number of benzene rings is 2. The highest BCUT2D eigenvalue weighted by molar-refractivity contribution is 6.02. The molecule has 0 spiro atoms. The van der Waals surface area contributed by atoms with Gasteiger partial charge in [-0.05, 0) is 22.3 Å². The predicted octanol–water partition coefficient (Wildman–Crippen LogP) is 2.01. The molecule has 2 aromatic carbocycles. The first-order chi connectivity index (χ1) is 15.5. The molecule has 1 aliphatic carbocycles. The number of hydrogen-bond acceptors (Lipinski definition) is 5. The number of fused-ring (bicyclic) bond motifs is 3. The van der Waals surface area contributed by atoms with Gasteiger partial charge >= 0.3 is 18.1 Å². The highest BCUT2D eigenvalue weighted by Crippen LogP contribution is 2.44. The summed E-state index contributed by atoms with van der Waals surface area (Å²) in [6, 6.07) is 13.4. The van der Waals surface area contributed by atoms with E-state index >= 15 is 0 Å². The number of nitrogens with zero attached hydrogens (tertiary/aromatic N) is 2. The summed E-state index contributed by atoms with van der Waals surface area (Å²) in [5.74, 6) is -1.79. The molecule has 0 bridgehead atoms. The number of imide groups is 1. The van der Waals surface area contributed by atoms with Crippen LogP contribution in [0.25, 0.3) is 11.1 Å². The summed E-state index contributed by atoms with van der Waals surface area (Å²) in [5, 5.41) is 12.0. The van der Waals surface area contributed by atoms with Crippen molar-refractivity contribution < 1.29 is 29.0 Å². The first-order valence-corrected chi connectivity index (χ1v) is 10.4. The quantitative estimate of drug-likeness (QED) is 0.710. The third kappa shape index (κ3) is 3.17. The number of urea groups is 1. The van der Waals surface area contributed by atoms with Gasteiger partial charge in [0.2, 0.25) is 5.91 Å². The molecule has 0 unspecified atom stereocenters. The molecule has 0 radical (unpaired) electrons. The summed E-state index contributed by atoms with van der Waals surface area (Å²) < 4.78 is 5.59. The van der Waals surface area contributed by atoms with Gasteiger partial charge in [0.1, 0.15) is 12.6 Å². The van der Waals surface area contributed by atoms with Gasteiger partial charge in [-0.2, -0.15) is 0 Å². The molecule has 9 heteroatoms. The van der Waals surface area contributed by atoms with Crippen LogP contribution in [0.5, 0.6) is 0 Å². The molecule has 2 N–H and O–H groups in total. The number of carbonyl (C=O) groups excluding carboxylic acids is 3. The summed E-state index contributed by atoms with van der Waals surface area (Å²) in [5.41, 5.74) is 4.28. The van der Waals surface area contributed by atoms with Crippen LogP contribution in [0.15, 0.2) is 48.5 Å². The van der Waals surface area contributed by atoms with Gasteiger partial charge in [-0.25, -0.2) is 14.4 Å². The molecular weight excluding hydrogens is 414 g/mol. The minimum Gasteiger partial charge on any atom is -0.480 e. The lowest BCUT2D eigenvalue weighted by Crippen LogP contribution is -2.43. The van der Waals surface area contributed by atoms with Gasteiger partial charge in [0, 0.05) is 18.9 Å². The normalized spacial score (nSPS) is 22.0. The lowest BCUT2D eigenvalue weighted by Gasteiger charge is -2.23. The first-order valence-electron chi connectivity index (χ1n) is 10.4. The minimum absolute atomic E-state index is 0.0291. The van der Waals surface area contributed by atoms with Crippen molar-refractivity contribution in [2.45, 2.75) is 24.4 Å². The molecule has 5 rings (SSSR count). The molecule has 4 amide bonds. The van der Waals surface area contributed by atoms with E-state index in [0.29, 0.717) is 0 Å². The van der Waals surface area contributed by atoms with Crippen LogP contribution in [0.3, 0.4) is 0 Å². The average Bonchev–Trinajstić information content (AvgIpc) is 3.46. The molecule has 2 atom stereocenters. The molecule has 2 heterocycles. The Labute approximate surface area is 183 Å². The summed E-state index contributed by atoms with van der Waals surface area (Å²) >= 11 is 0. The smallest absolute Gasteiger partial charge is 0.410 e. The Kier molecular flexibility index (Phi) is 4.80. The zero-order chi connectivity index (χ0) is 22.4. The maximum absolute atomic E-state index is 12.9. The number of nitrogens with one attached hydrogen (secondary N) is 1. The third-order valence-corrected chi connectivity index (χ3v) is 6.38. The van der Waals surface area contributed by atoms with E-state index in [0.717, 1.165) is 32.1 Å². The Morgan fingerprint density at radius 2 is 1.66 bits per heavy atom. The summed E-state index contributed by atoms with van der Waals surface area (Å²) in [6.07, 6.45) is -0.799. The monoisotopic (exact) mass is 435 g/mol. The predicted molar refractivity (Wildman–Crippen MR) is 112 cm³/mol. The number of carboxylic acid groups (broad SMARTS) is 1. The molecule has 2 fully saturated rings. The van der Waals surface area contributed by atoms with Gasteiger partial charge in [0.05, 0.1) is 12.6 Å². The SMILES string of the molecule is O=C(O)[C@@H]1C[C@H](N2C(=O)CNC2=O)CN1C(=O)OCC1c2ccccc2-c2ccccc21. The topological polar surface area (TPSA) is 116 Å². The number of carbonyl (C=O) groups is 4. The van der Waals surface area contributed by atoms with Gasteiger partial charge in [-0.3, -0.25) is 14.6 Å². The molecule has 2 saturated heterocycles. The Morgan fingerprint density at radius 3 is 2.22 bits per heavy atom. The number of amides is 4. The number of aliphatic carboxylic acids is 1. The van der Waals surface area contributed by atoms with Crippen LogP contribution in [0.2, 0.25) is 0 Å². The Hall–Kier alpha value is -3.88. The van der Waals surface area contributed by atoms with Crippen molar-refractivity contribution in [2.75, 3.05) is 19.7 Å². The van der Waals surface area contributed by atoms with Crippen molar-refractivity contribution in [3.05, 3.63) is 59.7 Å². The van der Waals surface area contributed by atoms with E-state index in [1.807, 2.05) is 48.5 Å². The van der Waals surface area contributed by atoms with Crippen molar-refractivity contribution in [1.29, 1.82) is 0 Å². The van der Waals surface area contributed by atoms with Crippen molar-refractivity contribution >= 4 is 24.0 Å². The fraction of sp³-hybridized carbons (Fsp3) is 0.304. The zero-order valence-corrected chi connectivity index (χ0v) is 17.1. The minimum atomic E-state index is -1.20. The van der Waals surface area contributed by atoms with Crippen LogP contribution >= 0.6 is 0 Å². The molecule has 3 aliphatic rings. The average molecular weight is 435 g/mol. The third-order valence-electron chi connectivity index (χ3n) is 6.38. The standard InChI is InChI=1S/C23H21N3O6/c27-20-10-24-22(30)26(20)13-9-19(21(28)29)25(11-13)23(31)32-12-18-16-7-3-1-5-14(16)15-6-2-4-8-17(15)18/h1-8,13,18-19H,9-12H2,(H,24,30)(H,28,29)/t13-,19-/m0/s1. The summed E-state index contributed by atoms with van der Waals surface area (Å²) in [7, 11) is 0. The van der Waals surface area contributed by atoms with E-state index < -0.39 is 36.1 Å². The maximum Gasteiger partial charge on any atom is 0.410 e. The van der Waals surface area contributed by atoms with Crippen LogP contribution in [0.4, 0.5) is 9.59 Å². The number of likely N-dealkylation sites (tertiary alicyclic amines) is 1. The number of rotatable bonds is 4. The molecule has 164 valence electrons. The fourth-order valence-corrected chi connectivity index (χ4v) is 4.92. The zero-order valence-electron chi connectivity index (χ0n) is 17.1. The van der Waals surface area contributed by atoms with Gasteiger partial charge < -0.3 is 15.2 Å². The number of carboxylic acids is 1.